The molecule has 0 atom stereocenters. The highest BCUT2D eigenvalue weighted by atomic mass is 19.1. The summed E-state index contributed by atoms with van der Waals surface area (Å²) in [6.07, 6.45) is 1.16. The molecule has 1 fully saturated rings. The Labute approximate surface area is 70.8 Å². The fourth-order valence-electron chi connectivity index (χ4n) is 1.34. The normalized spacial score (nSPS) is 15.9. The molecule has 2 N–H and O–H groups in total. The van der Waals surface area contributed by atoms with Crippen LogP contribution in [0.25, 0.3) is 0 Å². The molecule has 0 saturated carbocycles. The Bertz CT molecular complexity index is 295. The second-order valence-corrected chi connectivity index (χ2v) is 3.05. The molecule has 0 amide bonds. The zero-order valence-corrected chi connectivity index (χ0v) is 6.76. The van der Waals surface area contributed by atoms with Crippen LogP contribution in [0.2, 0.25) is 0 Å². The quantitative estimate of drug-likeness (QED) is 0.642. The zero-order chi connectivity index (χ0) is 8.55. The van der Waals surface area contributed by atoms with Crippen LogP contribution < -0.4 is 10.6 Å². The third kappa shape index (κ3) is 1.11. The van der Waals surface area contributed by atoms with Gasteiger partial charge in [-0.1, -0.05) is 0 Å². The van der Waals surface area contributed by atoms with Crippen LogP contribution in [-0.4, -0.2) is 13.1 Å². The van der Waals surface area contributed by atoms with Crippen molar-refractivity contribution in [2.24, 2.45) is 0 Å². The summed E-state index contributed by atoms with van der Waals surface area (Å²) in [6, 6.07) is 4.84. The van der Waals surface area contributed by atoms with E-state index in [1.807, 2.05) is 4.90 Å². The zero-order valence-electron chi connectivity index (χ0n) is 6.76. The molecular formula is C9H11FN2. The first-order valence-corrected chi connectivity index (χ1v) is 4.07. The molecule has 2 rings (SSSR count). The summed E-state index contributed by atoms with van der Waals surface area (Å²) in [6.45, 7) is 1.92. The van der Waals surface area contributed by atoms with Crippen LogP contribution in [0.1, 0.15) is 6.42 Å². The maximum Gasteiger partial charge on any atom is 0.148 e. The van der Waals surface area contributed by atoms with Crippen molar-refractivity contribution in [2.75, 3.05) is 23.7 Å². The van der Waals surface area contributed by atoms with E-state index < -0.39 is 0 Å². The lowest BCUT2D eigenvalue weighted by atomic mass is 10.1. The highest BCUT2D eigenvalue weighted by Gasteiger charge is 2.17. The first-order valence-electron chi connectivity index (χ1n) is 4.07. The minimum Gasteiger partial charge on any atom is -0.399 e. The minimum atomic E-state index is -0.213. The molecule has 0 aromatic heterocycles. The number of nitrogens with two attached hydrogens (primary N) is 1. The van der Waals surface area contributed by atoms with E-state index in [0.717, 1.165) is 19.5 Å². The SMILES string of the molecule is Nc1ccc(N2CCC2)c(F)c1. The molecule has 1 aliphatic heterocycles. The average molecular weight is 166 g/mol. The Morgan fingerprint density at radius 2 is 2.08 bits per heavy atom. The summed E-state index contributed by atoms with van der Waals surface area (Å²) in [4.78, 5) is 2.01. The number of nitrogen functional groups attached to an aromatic ring is 1. The Morgan fingerprint density at radius 1 is 1.33 bits per heavy atom. The fourth-order valence-corrected chi connectivity index (χ4v) is 1.34. The maximum absolute atomic E-state index is 13.2. The molecular weight excluding hydrogens is 155 g/mol. The monoisotopic (exact) mass is 166 g/mol. The highest BCUT2D eigenvalue weighted by Crippen LogP contribution is 2.25. The van der Waals surface area contributed by atoms with Crippen molar-refractivity contribution >= 4 is 11.4 Å². The third-order valence-electron chi connectivity index (χ3n) is 2.17. The van der Waals surface area contributed by atoms with Crippen molar-refractivity contribution in [3.63, 3.8) is 0 Å². The van der Waals surface area contributed by atoms with E-state index in [4.69, 9.17) is 5.73 Å². The average Bonchev–Trinajstić information content (AvgIpc) is 1.91. The van der Waals surface area contributed by atoms with E-state index in [0.29, 0.717) is 11.4 Å². The van der Waals surface area contributed by atoms with Crippen molar-refractivity contribution in [1.82, 2.24) is 0 Å². The van der Waals surface area contributed by atoms with Gasteiger partial charge in [0, 0.05) is 18.8 Å². The van der Waals surface area contributed by atoms with Gasteiger partial charge in [-0.2, -0.15) is 0 Å². The summed E-state index contributed by atoms with van der Waals surface area (Å²) in [5.41, 5.74) is 6.59. The summed E-state index contributed by atoms with van der Waals surface area (Å²) in [5, 5.41) is 0. The number of nitrogens with zero attached hydrogens (tertiary/aromatic N) is 1. The van der Waals surface area contributed by atoms with Gasteiger partial charge in [0.15, 0.2) is 0 Å². The third-order valence-corrected chi connectivity index (χ3v) is 2.17. The largest absolute Gasteiger partial charge is 0.399 e. The van der Waals surface area contributed by atoms with E-state index >= 15 is 0 Å². The van der Waals surface area contributed by atoms with Gasteiger partial charge in [0.2, 0.25) is 0 Å². The molecule has 2 nitrogen and oxygen atoms in total. The summed E-state index contributed by atoms with van der Waals surface area (Å²) in [7, 11) is 0. The Morgan fingerprint density at radius 3 is 2.58 bits per heavy atom. The number of hydrogen-bond donors (Lipinski definition) is 1. The van der Waals surface area contributed by atoms with Crippen LogP contribution in [0.4, 0.5) is 15.8 Å². The predicted molar refractivity (Wildman–Crippen MR) is 47.6 cm³/mol. The molecule has 0 bridgehead atoms. The molecule has 1 aromatic rings. The molecule has 12 heavy (non-hydrogen) atoms. The molecule has 1 heterocycles. The van der Waals surface area contributed by atoms with Gasteiger partial charge in [-0.15, -0.1) is 0 Å². The van der Waals surface area contributed by atoms with Gasteiger partial charge in [-0.05, 0) is 24.6 Å². The first kappa shape index (κ1) is 7.40. The van der Waals surface area contributed by atoms with Gasteiger partial charge in [0.05, 0.1) is 5.69 Å². The van der Waals surface area contributed by atoms with E-state index in [1.54, 1.807) is 12.1 Å². The van der Waals surface area contributed by atoms with Gasteiger partial charge in [-0.25, -0.2) is 4.39 Å². The number of rotatable bonds is 1. The molecule has 1 aliphatic rings. The Kier molecular flexibility index (Phi) is 1.64. The van der Waals surface area contributed by atoms with Gasteiger partial charge in [0.25, 0.3) is 0 Å². The van der Waals surface area contributed by atoms with Crippen molar-refractivity contribution in [2.45, 2.75) is 6.42 Å². The minimum absolute atomic E-state index is 0.213. The van der Waals surface area contributed by atoms with E-state index in [-0.39, 0.29) is 5.82 Å². The Balaban J connectivity index is 2.31. The lowest BCUT2D eigenvalue weighted by Gasteiger charge is -2.33. The van der Waals surface area contributed by atoms with Crippen molar-refractivity contribution in [1.29, 1.82) is 0 Å². The van der Waals surface area contributed by atoms with Crippen LogP contribution in [0, 0.1) is 5.82 Å². The molecule has 0 radical (unpaired) electrons. The fraction of sp³-hybridized carbons (Fsp3) is 0.333. The molecule has 64 valence electrons. The summed E-state index contributed by atoms with van der Waals surface area (Å²) in [5.74, 6) is -0.213. The molecule has 0 spiro atoms. The van der Waals surface area contributed by atoms with Gasteiger partial charge in [0.1, 0.15) is 5.82 Å². The van der Waals surface area contributed by atoms with Crippen LogP contribution in [0.5, 0.6) is 0 Å². The van der Waals surface area contributed by atoms with Crippen LogP contribution in [0.3, 0.4) is 0 Å². The van der Waals surface area contributed by atoms with Crippen LogP contribution in [-0.2, 0) is 0 Å². The second kappa shape index (κ2) is 2.66. The lowest BCUT2D eigenvalue weighted by Crippen LogP contribution is -2.37. The second-order valence-electron chi connectivity index (χ2n) is 3.05. The van der Waals surface area contributed by atoms with Crippen molar-refractivity contribution < 1.29 is 4.39 Å². The van der Waals surface area contributed by atoms with Gasteiger partial charge < -0.3 is 10.6 Å². The number of hydrogen-bond acceptors (Lipinski definition) is 2. The van der Waals surface area contributed by atoms with E-state index in [2.05, 4.69) is 0 Å². The van der Waals surface area contributed by atoms with Crippen molar-refractivity contribution in [3.8, 4) is 0 Å². The van der Waals surface area contributed by atoms with E-state index in [9.17, 15) is 4.39 Å². The van der Waals surface area contributed by atoms with E-state index in [1.165, 1.54) is 6.07 Å². The smallest absolute Gasteiger partial charge is 0.148 e. The molecule has 1 saturated heterocycles. The predicted octanol–water partition coefficient (Wildman–Crippen LogP) is 1.62. The number of halogens is 1. The van der Waals surface area contributed by atoms with Crippen LogP contribution in [0.15, 0.2) is 18.2 Å². The molecule has 1 aromatic carbocycles. The topological polar surface area (TPSA) is 29.3 Å². The molecule has 0 unspecified atom stereocenters. The van der Waals surface area contributed by atoms with Gasteiger partial charge in [-0.3, -0.25) is 0 Å². The summed E-state index contributed by atoms with van der Waals surface area (Å²) >= 11 is 0. The molecule has 0 aliphatic carbocycles. The lowest BCUT2D eigenvalue weighted by molar-refractivity contribution is 0.574. The Hall–Kier alpha value is -1.25. The number of anilines is 2. The maximum atomic E-state index is 13.2. The van der Waals surface area contributed by atoms with Crippen molar-refractivity contribution in [3.05, 3.63) is 24.0 Å². The molecule has 3 heteroatoms. The number of benzene rings is 1. The van der Waals surface area contributed by atoms with Crippen LogP contribution >= 0.6 is 0 Å². The first-order chi connectivity index (χ1) is 5.77. The van der Waals surface area contributed by atoms with Gasteiger partial charge >= 0.3 is 0 Å². The highest BCUT2D eigenvalue weighted by molar-refractivity contribution is 5.55. The summed E-state index contributed by atoms with van der Waals surface area (Å²) < 4.78 is 13.2. The standard InChI is InChI=1S/C9H11FN2/c10-8-6-7(11)2-3-9(8)12-4-1-5-12/h2-3,6H,1,4-5,11H2.